The largest absolute Gasteiger partial charge is 0.461 e. The number of hydroxylamine groups is 2. The van der Waals surface area contributed by atoms with Gasteiger partial charge in [-0.1, -0.05) is 60.7 Å². The number of Topliss-reactive ketones (excluding diaryl/α,β-unsaturated/α-hetero) is 1. The Bertz CT molecular complexity index is 874. The molecule has 0 saturated heterocycles. The molecule has 2 aromatic rings. The van der Waals surface area contributed by atoms with Gasteiger partial charge in [-0.2, -0.15) is 22.0 Å². The minimum atomic E-state index is -5.80. The molecule has 2 rings (SSSR count). The Morgan fingerprint density at radius 2 is 1.17 bits per heavy atom. The van der Waals surface area contributed by atoms with Gasteiger partial charge < -0.3 is 0 Å². The van der Waals surface area contributed by atoms with Crippen LogP contribution >= 0.6 is 0 Å². The number of ketones is 1. The Kier molecular flexibility index (Phi) is 13.2. The average molecular weight is 502 g/mol. The fraction of sp³-hybridized carbons (Fsp3) is 0.462. The summed E-state index contributed by atoms with van der Waals surface area (Å²) in [5.74, 6) is -7.26. The molecule has 35 heavy (non-hydrogen) atoms. The lowest BCUT2D eigenvalue weighted by atomic mass is 10.0. The molecule has 0 saturated carbocycles. The Morgan fingerprint density at radius 1 is 0.743 bits per heavy atom. The Morgan fingerprint density at radius 3 is 1.57 bits per heavy atom. The lowest BCUT2D eigenvalue weighted by molar-refractivity contribution is -0.268. The highest BCUT2D eigenvalue weighted by Crippen LogP contribution is 2.37. The number of aryl methyl sites for hydroxylation is 2. The first-order chi connectivity index (χ1) is 16.5. The van der Waals surface area contributed by atoms with Crippen molar-refractivity contribution in [2.45, 2.75) is 63.5 Å². The van der Waals surface area contributed by atoms with Gasteiger partial charge in [0.25, 0.3) is 0 Å². The number of nitrogens with zero attached hydrogens (tertiary/aromatic N) is 1. The van der Waals surface area contributed by atoms with Crippen LogP contribution in [-0.2, 0) is 27.3 Å². The topological polar surface area (TPSA) is 46.6 Å². The van der Waals surface area contributed by atoms with Crippen LogP contribution in [0.3, 0.4) is 0 Å². The van der Waals surface area contributed by atoms with E-state index in [9.17, 15) is 31.5 Å². The van der Waals surface area contributed by atoms with Crippen LogP contribution in [0.25, 0.3) is 0 Å². The molecule has 194 valence electrons. The number of rotatable bonds is 12. The van der Waals surface area contributed by atoms with Crippen LogP contribution in [0.4, 0.5) is 22.0 Å². The van der Waals surface area contributed by atoms with Gasteiger partial charge in [-0.15, -0.1) is 0 Å². The van der Waals surface area contributed by atoms with Crippen molar-refractivity contribution in [1.29, 1.82) is 0 Å². The molecule has 0 aliphatic carbocycles. The third-order valence-electron chi connectivity index (χ3n) is 5.24. The van der Waals surface area contributed by atoms with E-state index in [0.29, 0.717) is 19.3 Å². The summed E-state index contributed by atoms with van der Waals surface area (Å²) in [6.45, 7) is 0. The molecule has 0 unspecified atom stereocenters. The predicted molar refractivity (Wildman–Crippen MR) is 124 cm³/mol. The maximum absolute atomic E-state index is 12.6. The molecule has 0 heterocycles. The molecule has 1 amide bonds. The number of carbonyl (C=O) groups excluding carboxylic acids is 2. The van der Waals surface area contributed by atoms with E-state index in [-0.39, 0.29) is 12.3 Å². The molecule has 0 aliphatic rings. The van der Waals surface area contributed by atoms with E-state index in [4.69, 9.17) is 4.84 Å². The van der Waals surface area contributed by atoms with Crippen molar-refractivity contribution in [3.05, 3.63) is 71.8 Å². The zero-order valence-corrected chi connectivity index (χ0v) is 20.0. The number of alkyl halides is 5. The van der Waals surface area contributed by atoms with Crippen molar-refractivity contribution in [3.8, 4) is 0 Å². The highest BCUT2D eigenvalue weighted by atomic mass is 19.4. The minimum Gasteiger partial charge on any atom is -0.293 e. The molecule has 0 fully saturated rings. The van der Waals surface area contributed by atoms with Crippen molar-refractivity contribution < 1.29 is 36.4 Å². The number of amides is 1. The summed E-state index contributed by atoms with van der Waals surface area (Å²) < 4.78 is 60.9. The van der Waals surface area contributed by atoms with Crippen molar-refractivity contribution in [2.24, 2.45) is 0 Å². The molecule has 9 heteroatoms. The lowest BCUT2D eigenvalue weighted by Gasteiger charge is -2.17. The monoisotopic (exact) mass is 501 g/mol. The molecular formula is C26H32F5NO3. The van der Waals surface area contributed by atoms with Gasteiger partial charge in [-0.25, -0.2) is 5.06 Å². The molecule has 0 aliphatic heterocycles. The second-order valence-corrected chi connectivity index (χ2v) is 7.95. The highest BCUT2D eigenvalue weighted by molar-refractivity contribution is 5.86. The molecule has 4 nitrogen and oxygen atoms in total. The van der Waals surface area contributed by atoms with E-state index < -0.39 is 24.3 Å². The van der Waals surface area contributed by atoms with Gasteiger partial charge in [0.15, 0.2) is 0 Å². The second-order valence-electron chi connectivity index (χ2n) is 7.95. The van der Waals surface area contributed by atoms with Crippen molar-refractivity contribution in [1.82, 2.24) is 5.06 Å². The number of benzene rings is 2. The summed E-state index contributed by atoms with van der Waals surface area (Å²) in [5, 5.41) is 1.28. The SMILES string of the molecule is CON(C)C(=O)CCCCc1ccccc1.O=C(CCCCc1ccccc1)C(F)(F)C(F)(F)F. The highest BCUT2D eigenvalue weighted by Gasteiger charge is 2.62. The van der Waals surface area contributed by atoms with Gasteiger partial charge >= 0.3 is 12.1 Å². The molecule has 0 N–H and O–H groups in total. The van der Waals surface area contributed by atoms with Crippen LogP contribution in [0.2, 0.25) is 0 Å². The number of hydrogen-bond acceptors (Lipinski definition) is 3. The molecule has 2 aromatic carbocycles. The number of carbonyl (C=O) groups is 2. The zero-order chi connectivity index (χ0) is 26.3. The molecule has 0 spiro atoms. The van der Waals surface area contributed by atoms with E-state index in [1.165, 1.54) is 17.7 Å². The smallest absolute Gasteiger partial charge is 0.293 e. The van der Waals surface area contributed by atoms with Crippen LogP contribution in [0.1, 0.15) is 49.7 Å². The summed E-state index contributed by atoms with van der Waals surface area (Å²) in [7, 11) is 3.14. The fourth-order valence-corrected chi connectivity index (χ4v) is 3.08. The van der Waals surface area contributed by atoms with E-state index in [1.807, 2.05) is 36.4 Å². The molecule has 0 radical (unpaired) electrons. The van der Waals surface area contributed by atoms with Gasteiger partial charge in [-0.05, 0) is 49.7 Å². The predicted octanol–water partition coefficient (Wildman–Crippen LogP) is 6.59. The molecule has 0 aromatic heterocycles. The normalized spacial score (nSPS) is 11.4. The molecule has 0 bridgehead atoms. The van der Waals surface area contributed by atoms with E-state index in [0.717, 1.165) is 24.8 Å². The van der Waals surface area contributed by atoms with Crippen LogP contribution in [0, 0.1) is 0 Å². The maximum Gasteiger partial charge on any atom is 0.461 e. The van der Waals surface area contributed by atoms with Crippen LogP contribution < -0.4 is 0 Å². The van der Waals surface area contributed by atoms with E-state index in [1.54, 1.807) is 19.2 Å². The first kappa shape index (κ1) is 30.2. The van der Waals surface area contributed by atoms with Crippen molar-refractivity contribution in [3.63, 3.8) is 0 Å². The summed E-state index contributed by atoms with van der Waals surface area (Å²) in [5.41, 5.74) is 2.28. The van der Waals surface area contributed by atoms with Crippen molar-refractivity contribution in [2.75, 3.05) is 14.2 Å². The third kappa shape index (κ3) is 11.4. The van der Waals surface area contributed by atoms with Gasteiger partial charge in [0.2, 0.25) is 11.7 Å². The fourth-order valence-electron chi connectivity index (χ4n) is 3.08. The van der Waals surface area contributed by atoms with E-state index >= 15 is 0 Å². The standard InChI is InChI=1S/C13H13F5O.C13H19NO2/c14-12(15,13(16,17)18)11(19)9-5-4-8-10-6-2-1-3-7-10;1-14(16-2)13(15)11-7-6-10-12-8-4-3-5-9-12/h1-3,6-7H,4-5,8-9H2;3-5,8-9H,6-7,10-11H2,1-2H3. The van der Waals surface area contributed by atoms with Crippen molar-refractivity contribution >= 4 is 11.7 Å². The van der Waals surface area contributed by atoms with Gasteiger partial charge in [0.1, 0.15) is 0 Å². The van der Waals surface area contributed by atoms with E-state index in [2.05, 4.69) is 12.1 Å². The summed E-state index contributed by atoms with van der Waals surface area (Å²) in [4.78, 5) is 27.1. The molecular weight excluding hydrogens is 469 g/mol. The van der Waals surface area contributed by atoms with Gasteiger partial charge in [-0.3, -0.25) is 14.4 Å². The first-order valence-corrected chi connectivity index (χ1v) is 11.4. The number of halogens is 5. The Balaban J connectivity index is 0.000000355. The average Bonchev–Trinajstić information content (AvgIpc) is 2.84. The van der Waals surface area contributed by atoms with Gasteiger partial charge in [0, 0.05) is 19.9 Å². The Hall–Kier alpha value is -2.81. The first-order valence-electron chi connectivity index (χ1n) is 11.4. The lowest BCUT2D eigenvalue weighted by Crippen LogP contribution is -2.43. The second kappa shape index (κ2) is 15.2. The van der Waals surface area contributed by atoms with Gasteiger partial charge in [0.05, 0.1) is 7.11 Å². The summed E-state index contributed by atoms with van der Waals surface area (Å²) in [6.07, 6.45) is -2.09. The van der Waals surface area contributed by atoms with Crippen LogP contribution in [0.15, 0.2) is 60.7 Å². The summed E-state index contributed by atoms with van der Waals surface area (Å²) >= 11 is 0. The quantitative estimate of drug-likeness (QED) is 0.187. The zero-order valence-electron chi connectivity index (χ0n) is 20.0. The number of hydrogen-bond donors (Lipinski definition) is 0. The minimum absolute atomic E-state index is 0.0133. The maximum atomic E-state index is 12.6. The third-order valence-corrected chi connectivity index (χ3v) is 5.24. The summed E-state index contributed by atoms with van der Waals surface area (Å²) in [6, 6.07) is 19.4. The van der Waals surface area contributed by atoms with Crippen LogP contribution in [-0.4, -0.2) is 43.0 Å². The molecule has 0 atom stereocenters. The Labute approximate surface area is 203 Å². The number of unbranched alkanes of at least 4 members (excludes halogenated alkanes) is 2. The van der Waals surface area contributed by atoms with Crippen LogP contribution in [0.5, 0.6) is 0 Å².